The molecule has 0 aliphatic rings. The third kappa shape index (κ3) is 4.88. The number of nitrogens with one attached hydrogen (secondary N) is 1. The van der Waals surface area contributed by atoms with E-state index in [0.717, 1.165) is 24.3 Å². The summed E-state index contributed by atoms with van der Waals surface area (Å²) in [5.74, 6) is -0.552. The number of rotatable bonds is 5. The number of benzene rings is 1. The van der Waals surface area contributed by atoms with Crippen molar-refractivity contribution in [3.05, 3.63) is 35.4 Å². The summed E-state index contributed by atoms with van der Waals surface area (Å²) < 4.78 is 41.6. The Morgan fingerprint density at radius 1 is 1.37 bits per heavy atom. The Kier molecular flexibility index (Phi) is 5.31. The minimum atomic E-state index is -4.43. The molecule has 1 amide bonds. The first-order chi connectivity index (χ1) is 8.84. The highest BCUT2D eigenvalue weighted by molar-refractivity contribution is 5.94. The third-order valence-corrected chi connectivity index (χ3v) is 2.33. The molecule has 1 rings (SSSR count). The Morgan fingerprint density at radius 2 is 1.95 bits per heavy atom. The first kappa shape index (κ1) is 15.5. The molecule has 1 aromatic rings. The summed E-state index contributed by atoms with van der Waals surface area (Å²) in [6.07, 6.45) is -5.28. The van der Waals surface area contributed by atoms with Crippen molar-refractivity contribution in [1.29, 1.82) is 0 Å². The SMILES string of the molecule is COCC(O)CNC(=O)c1ccc(C(F)(F)F)cc1. The normalized spacial score (nSPS) is 13.1. The van der Waals surface area contributed by atoms with Gasteiger partial charge in [0.1, 0.15) is 0 Å². The Balaban J connectivity index is 2.59. The molecule has 0 aromatic heterocycles. The summed E-state index contributed by atoms with van der Waals surface area (Å²) in [6, 6.07) is 3.84. The molecule has 0 spiro atoms. The molecule has 0 aliphatic carbocycles. The van der Waals surface area contributed by atoms with Crippen molar-refractivity contribution in [3.63, 3.8) is 0 Å². The predicted molar refractivity (Wildman–Crippen MR) is 61.7 cm³/mol. The fraction of sp³-hybridized carbons (Fsp3) is 0.417. The number of methoxy groups -OCH3 is 1. The highest BCUT2D eigenvalue weighted by Gasteiger charge is 2.30. The topological polar surface area (TPSA) is 58.6 Å². The molecule has 0 saturated heterocycles. The third-order valence-electron chi connectivity index (χ3n) is 2.33. The Bertz CT molecular complexity index is 417. The van der Waals surface area contributed by atoms with Crippen LogP contribution in [0.2, 0.25) is 0 Å². The second kappa shape index (κ2) is 6.53. The molecule has 0 aliphatic heterocycles. The summed E-state index contributed by atoms with van der Waals surface area (Å²) in [5, 5.41) is 11.7. The van der Waals surface area contributed by atoms with Crippen LogP contribution in [-0.4, -0.2) is 37.4 Å². The zero-order valence-corrected chi connectivity index (χ0v) is 10.2. The number of halogens is 3. The minimum absolute atomic E-state index is 0.0340. The van der Waals surface area contributed by atoms with Gasteiger partial charge in [-0.25, -0.2) is 0 Å². The Hall–Kier alpha value is -1.60. The Labute approximate surface area is 108 Å². The lowest BCUT2D eigenvalue weighted by Crippen LogP contribution is -2.34. The molecule has 1 aromatic carbocycles. The van der Waals surface area contributed by atoms with Crippen LogP contribution in [-0.2, 0) is 10.9 Å². The summed E-state index contributed by atoms with van der Waals surface area (Å²) >= 11 is 0. The maximum absolute atomic E-state index is 12.3. The van der Waals surface area contributed by atoms with Gasteiger partial charge in [0.2, 0.25) is 0 Å². The smallest absolute Gasteiger partial charge is 0.389 e. The van der Waals surface area contributed by atoms with Crippen molar-refractivity contribution < 1.29 is 27.8 Å². The van der Waals surface area contributed by atoms with Gasteiger partial charge in [0, 0.05) is 19.2 Å². The van der Waals surface area contributed by atoms with Gasteiger partial charge >= 0.3 is 6.18 Å². The molecule has 7 heteroatoms. The average molecular weight is 277 g/mol. The summed E-state index contributed by atoms with van der Waals surface area (Å²) in [5.41, 5.74) is -0.721. The number of carbonyl (C=O) groups is 1. The van der Waals surface area contributed by atoms with Crippen molar-refractivity contribution in [2.24, 2.45) is 0 Å². The number of hydrogen-bond acceptors (Lipinski definition) is 3. The van der Waals surface area contributed by atoms with Crippen molar-refractivity contribution in [2.75, 3.05) is 20.3 Å². The van der Waals surface area contributed by atoms with Gasteiger partial charge in [0.05, 0.1) is 18.3 Å². The van der Waals surface area contributed by atoms with E-state index in [4.69, 9.17) is 0 Å². The number of hydrogen-bond donors (Lipinski definition) is 2. The van der Waals surface area contributed by atoms with E-state index in [-0.39, 0.29) is 18.7 Å². The number of amides is 1. The molecule has 0 saturated carbocycles. The van der Waals surface area contributed by atoms with Gasteiger partial charge in [-0.15, -0.1) is 0 Å². The first-order valence-corrected chi connectivity index (χ1v) is 5.47. The number of ether oxygens (including phenoxy) is 1. The molecule has 19 heavy (non-hydrogen) atoms. The van der Waals surface area contributed by atoms with E-state index in [1.807, 2.05) is 0 Å². The van der Waals surface area contributed by atoms with Crippen molar-refractivity contribution in [3.8, 4) is 0 Å². The van der Waals surface area contributed by atoms with E-state index in [9.17, 15) is 23.1 Å². The molecule has 1 atom stereocenters. The second-order valence-corrected chi connectivity index (χ2v) is 3.89. The lowest BCUT2D eigenvalue weighted by molar-refractivity contribution is -0.137. The maximum atomic E-state index is 12.3. The molecule has 4 nitrogen and oxygen atoms in total. The van der Waals surface area contributed by atoms with Gasteiger partial charge in [-0.3, -0.25) is 4.79 Å². The molecule has 0 heterocycles. The van der Waals surface area contributed by atoms with E-state index >= 15 is 0 Å². The van der Waals surface area contributed by atoms with Crippen molar-refractivity contribution in [1.82, 2.24) is 5.32 Å². The molecular formula is C12H14F3NO3. The zero-order chi connectivity index (χ0) is 14.5. The number of alkyl halides is 3. The first-order valence-electron chi connectivity index (χ1n) is 5.47. The number of carbonyl (C=O) groups excluding carboxylic acids is 1. The summed E-state index contributed by atoms with van der Waals surface area (Å²) in [6.45, 7) is 0.0288. The van der Waals surface area contributed by atoms with Crippen LogP contribution in [0.25, 0.3) is 0 Å². The highest BCUT2D eigenvalue weighted by atomic mass is 19.4. The fourth-order valence-corrected chi connectivity index (χ4v) is 1.37. The molecule has 2 N–H and O–H groups in total. The Morgan fingerprint density at radius 3 is 2.42 bits per heavy atom. The number of aliphatic hydroxyl groups excluding tert-OH is 1. The van der Waals surface area contributed by atoms with E-state index in [2.05, 4.69) is 10.1 Å². The van der Waals surface area contributed by atoms with Crippen LogP contribution in [0, 0.1) is 0 Å². The minimum Gasteiger partial charge on any atom is -0.389 e. The van der Waals surface area contributed by atoms with Crippen LogP contribution in [0.4, 0.5) is 13.2 Å². The van der Waals surface area contributed by atoms with Crippen LogP contribution in [0.5, 0.6) is 0 Å². The zero-order valence-electron chi connectivity index (χ0n) is 10.2. The summed E-state index contributed by atoms with van der Waals surface area (Å²) in [7, 11) is 1.40. The molecule has 1 unspecified atom stereocenters. The van der Waals surface area contributed by atoms with Crippen LogP contribution in [0.3, 0.4) is 0 Å². The van der Waals surface area contributed by atoms with Crippen LogP contribution < -0.4 is 5.32 Å². The highest BCUT2D eigenvalue weighted by Crippen LogP contribution is 2.28. The van der Waals surface area contributed by atoms with Crippen molar-refractivity contribution >= 4 is 5.91 Å². The lowest BCUT2D eigenvalue weighted by Gasteiger charge is -2.11. The summed E-state index contributed by atoms with van der Waals surface area (Å²) in [4.78, 5) is 11.6. The maximum Gasteiger partial charge on any atom is 0.416 e. The monoisotopic (exact) mass is 277 g/mol. The van der Waals surface area contributed by atoms with Crippen LogP contribution >= 0.6 is 0 Å². The van der Waals surface area contributed by atoms with E-state index in [1.165, 1.54) is 7.11 Å². The van der Waals surface area contributed by atoms with Gasteiger partial charge in [0.25, 0.3) is 5.91 Å². The van der Waals surface area contributed by atoms with Gasteiger partial charge in [-0.2, -0.15) is 13.2 Å². The molecular weight excluding hydrogens is 263 g/mol. The molecule has 0 bridgehead atoms. The number of aliphatic hydroxyl groups is 1. The molecule has 0 fully saturated rings. The van der Waals surface area contributed by atoms with Gasteiger partial charge in [0.15, 0.2) is 0 Å². The predicted octanol–water partition coefficient (Wildman–Crippen LogP) is 1.44. The van der Waals surface area contributed by atoms with Gasteiger partial charge < -0.3 is 15.2 Å². The van der Waals surface area contributed by atoms with Crippen molar-refractivity contribution in [2.45, 2.75) is 12.3 Å². The fourth-order valence-electron chi connectivity index (χ4n) is 1.37. The molecule has 106 valence electrons. The average Bonchev–Trinajstić information content (AvgIpc) is 2.35. The standard InChI is InChI=1S/C12H14F3NO3/c1-19-7-10(17)6-16-11(18)8-2-4-9(5-3-8)12(13,14)15/h2-5,10,17H,6-7H2,1H3,(H,16,18). The van der Waals surface area contributed by atoms with Gasteiger partial charge in [-0.05, 0) is 24.3 Å². The largest absolute Gasteiger partial charge is 0.416 e. The van der Waals surface area contributed by atoms with Crippen LogP contribution in [0.1, 0.15) is 15.9 Å². The quantitative estimate of drug-likeness (QED) is 0.856. The van der Waals surface area contributed by atoms with E-state index in [1.54, 1.807) is 0 Å². The lowest BCUT2D eigenvalue weighted by atomic mass is 10.1. The van der Waals surface area contributed by atoms with Gasteiger partial charge in [-0.1, -0.05) is 0 Å². The van der Waals surface area contributed by atoms with Crippen LogP contribution in [0.15, 0.2) is 24.3 Å². The van der Waals surface area contributed by atoms with E-state index < -0.39 is 23.8 Å². The second-order valence-electron chi connectivity index (χ2n) is 3.89. The molecule has 0 radical (unpaired) electrons. The van der Waals surface area contributed by atoms with E-state index in [0.29, 0.717) is 0 Å².